The van der Waals surface area contributed by atoms with Gasteiger partial charge in [-0.1, -0.05) is 69.4 Å². The van der Waals surface area contributed by atoms with Gasteiger partial charge in [-0.3, -0.25) is 4.79 Å². The van der Waals surface area contributed by atoms with Crippen molar-refractivity contribution in [3.8, 4) is 0 Å². The van der Waals surface area contributed by atoms with Gasteiger partial charge in [0.05, 0.1) is 0 Å². The highest BCUT2D eigenvalue weighted by Crippen LogP contribution is 2.09. The first-order valence-corrected chi connectivity index (χ1v) is 7.00. The van der Waals surface area contributed by atoms with Crippen molar-refractivity contribution in [1.29, 1.82) is 0 Å². The maximum atomic E-state index is 9.06. The van der Waals surface area contributed by atoms with Crippen molar-refractivity contribution in [2.75, 3.05) is 7.05 Å². The van der Waals surface area contributed by atoms with E-state index in [2.05, 4.69) is 42.6 Å². The summed E-state index contributed by atoms with van der Waals surface area (Å²) in [6, 6.07) is 10.8. The van der Waals surface area contributed by atoms with Crippen molar-refractivity contribution < 1.29 is 4.79 Å². The highest BCUT2D eigenvalue weighted by atomic mass is 16.1. The van der Waals surface area contributed by atoms with Crippen LogP contribution in [0.4, 0.5) is 0 Å². The third-order valence-electron chi connectivity index (χ3n) is 2.78. The number of aryl methyl sites for hydroxylation is 1. The number of unbranched alkanes of at least 4 members (excludes halogenated alkanes) is 5. The Hall–Kier alpha value is -1.31. The molecule has 1 amide bonds. The number of amides is 1. The van der Waals surface area contributed by atoms with Crippen LogP contribution in [-0.4, -0.2) is 13.5 Å². The lowest BCUT2D eigenvalue weighted by atomic mass is 10.1. The number of benzene rings is 1. The summed E-state index contributed by atoms with van der Waals surface area (Å²) in [5, 5.41) is 2.25. The van der Waals surface area contributed by atoms with Crippen molar-refractivity contribution in [1.82, 2.24) is 5.32 Å². The second-order valence-electron chi connectivity index (χ2n) is 4.41. The highest BCUT2D eigenvalue weighted by Gasteiger charge is 1.92. The second-order valence-corrected chi connectivity index (χ2v) is 4.41. The molecule has 1 aromatic carbocycles. The van der Waals surface area contributed by atoms with E-state index in [0.717, 1.165) is 0 Å². The minimum Gasteiger partial charge on any atom is -0.362 e. The molecule has 2 nitrogen and oxygen atoms in total. The summed E-state index contributed by atoms with van der Waals surface area (Å²) in [4.78, 5) is 9.06. The van der Waals surface area contributed by atoms with Crippen molar-refractivity contribution in [2.24, 2.45) is 0 Å². The van der Waals surface area contributed by atoms with Crippen LogP contribution in [-0.2, 0) is 11.2 Å². The number of hydrogen-bond acceptors (Lipinski definition) is 1. The molecule has 1 N–H and O–H groups in total. The van der Waals surface area contributed by atoms with Crippen LogP contribution in [0.15, 0.2) is 30.3 Å². The van der Waals surface area contributed by atoms with Crippen LogP contribution in [0.1, 0.15) is 51.0 Å². The van der Waals surface area contributed by atoms with E-state index >= 15 is 0 Å². The zero-order valence-electron chi connectivity index (χ0n) is 11.8. The van der Waals surface area contributed by atoms with E-state index in [1.165, 1.54) is 50.5 Å². The first-order chi connectivity index (χ1) is 8.85. The Kier molecular flexibility index (Phi) is 12.8. The molecule has 0 bridgehead atoms. The Morgan fingerprint density at radius 1 is 1.00 bits per heavy atom. The van der Waals surface area contributed by atoms with Gasteiger partial charge in [-0.25, -0.2) is 0 Å². The van der Waals surface area contributed by atoms with Gasteiger partial charge in [0, 0.05) is 7.05 Å². The molecule has 0 unspecified atom stereocenters. The fourth-order valence-electron chi connectivity index (χ4n) is 1.75. The lowest BCUT2D eigenvalue weighted by Crippen LogP contribution is -1.98. The van der Waals surface area contributed by atoms with Crippen molar-refractivity contribution in [2.45, 2.75) is 51.9 Å². The monoisotopic (exact) mass is 249 g/mol. The predicted octanol–water partition coefficient (Wildman–Crippen LogP) is 3.95. The highest BCUT2D eigenvalue weighted by molar-refractivity contribution is 5.44. The van der Waals surface area contributed by atoms with E-state index in [9.17, 15) is 0 Å². The maximum Gasteiger partial charge on any atom is 0.206 e. The van der Waals surface area contributed by atoms with Gasteiger partial charge >= 0.3 is 0 Å². The molecular formula is C16H27NO. The maximum absolute atomic E-state index is 9.06. The van der Waals surface area contributed by atoms with Gasteiger partial charge in [0.15, 0.2) is 0 Å². The van der Waals surface area contributed by atoms with Gasteiger partial charge in [0.1, 0.15) is 0 Å². The smallest absolute Gasteiger partial charge is 0.206 e. The number of carbonyl (C=O) groups is 1. The number of nitrogens with one attached hydrogen (secondary N) is 1. The van der Waals surface area contributed by atoms with E-state index in [1.807, 2.05) is 0 Å². The largest absolute Gasteiger partial charge is 0.362 e. The van der Waals surface area contributed by atoms with Gasteiger partial charge in [0.25, 0.3) is 0 Å². The van der Waals surface area contributed by atoms with E-state index in [-0.39, 0.29) is 0 Å². The third-order valence-corrected chi connectivity index (χ3v) is 2.78. The molecule has 1 aromatic rings. The Balaban J connectivity index is 0.000000631. The second kappa shape index (κ2) is 13.8. The summed E-state index contributed by atoms with van der Waals surface area (Å²) in [5.41, 5.74) is 1.49. The molecule has 0 aliphatic rings. The molecule has 0 heterocycles. The summed E-state index contributed by atoms with van der Waals surface area (Å²) in [6.07, 6.45) is 10.2. The van der Waals surface area contributed by atoms with Crippen molar-refractivity contribution in [3.05, 3.63) is 35.9 Å². The van der Waals surface area contributed by atoms with E-state index in [4.69, 9.17) is 4.79 Å². The van der Waals surface area contributed by atoms with E-state index < -0.39 is 0 Å². The van der Waals surface area contributed by atoms with Gasteiger partial charge in [-0.2, -0.15) is 0 Å². The zero-order chi connectivity index (χ0) is 13.5. The summed E-state index contributed by atoms with van der Waals surface area (Å²) in [7, 11) is 1.56. The molecule has 1 rings (SSSR count). The molecule has 0 aliphatic heterocycles. The lowest BCUT2D eigenvalue weighted by molar-refractivity contribution is -0.109. The average molecular weight is 249 g/mol. The molecule has 0 saturated heterocycles. The summed E-state index contributed by atoms with van der Waals surface area (Å²) in [6.45, 7) is 2.27. The Morgan fingerprint density at radius 3 is 2.11 bits per heavy atom. The molecule has 0 saturated carbocycles. The van der Waals surface area contributed by atoms with Crippen LogP contribution in [0.3, 0.4) is 0 Å². The number of rotatable bonds is 8. The summed E-state index contributed by atoms with van der Waals surface area (Å²) in [5.74, 6) is 0. The van der Waals surface area contributed by atoms with Crippen molar-refractivity contribution in [3.63, 3.8) is 0 Å². The van der Waals surface area contributed by atoms with Crippen LogP contribution in [0.25, 0.3) is 0 Å². The van der Waals surface area contributed by atoms with E-state index in [1.54, 1.807) is 7.05 Å². The molecule has 18 heavy (non-hydrogen) atoms. The van der Waals surface area contributed by atoms with Gasteiger partial charge in [-0.05, 0) is 18.4 Å². The zero-order valence-corrected chi connectivity index (χ0v) is 11.8. The Labute approximate surface area is 112 Å². The fraction of sp³-hybridized carbons (Fsp3) is 0.562. The molecule has 0 atom stereocenters. The quantitative estimate of drug-likeness (QED) is 0.548. The molecule has 2 heteroatoms. The standard InChI is InChI=1S/C14H22.C2H5NO/c1-2-3-4-5-6-8-11-14-12-9-7-10-13-14;1-3-2-4/h7,9-10,12-13H,2-6,8,11H2,1H3;2H,1H3,(H,3,4). The minimum absolute atomic E-state index is 0.625. The molecule has 0 aliphatic carbocycles. The number of carbonyl (C=O) groups excluding carboxylic acids is 1. The van der Waals surface area contributed by atoms with Gasteiger partial charge < -0.3 is 5.32 Å². The van der Waals surface area contributed by atoms with E-state index in [0.29, 0.717) is 6.41 Å². The summed E-state index contributed by atoms with van der Waals surface area (Å²) >= 11 is 0. The minimum atomic E-state index is 0.625. The van der Waals surface area contributed by atoms with Crippen molar-refractivity contribution >= 4 is 6.41 Å². The molecule has 0 radical (unpaired) electrons. The third kappa shape index (κ3) is 11.2. The first-order valence-electron chi connectivity index (χ1n) is 7.00. The van der Waals surface area contributed by atoms with Gasteiger partial charge in [-0.15, -0.1) is 0 Å². The van der Waals surface area contributed by atoms with Crippen LogP contribution in [0.5, 0.6) is 0 Å². The van der Waals surface area contributed by atoms with Crippen LogP contribution >= 0.6 is 0 Å². The first kappa shape index (κ1) is 16.7. The normalized spacial score (nSPS) is 9.22. The molecule has 102 valence electrons. The fourth-order valence-corrected chi connectivity index (χ4v) is 1.75. The predicted molar refractivity (Wildman–Crippen MR) is 78.6 cm³/mol. The van der Waals surface area contributed by atoms with Crippen LogP contribution < -0.4 is 5.32 Å². The average Bonchev–Trinajstić information content (AvgIpc) is 2.44. The Bertz CT molecular complexity index is 272. The number of hydrogen-bond donors (Lipinski definition) is 1. The molecule has 0 spiro atoms. The summed E-state index contributed by atoms with van der Waals surface area (Å²) < 4.78 is 0. The van der Waals surface area contributed by atoms with Crippen LogP contribution in [0, 0.1) is 0 Å². The lowest BCUT2D eigenvalue weighted by Gasteiger charge is -2.01. The molecule has 0 fully saturated rings. The van der Waals surface area contributed by atoms with Gasteiger partial charge in [0.2, 0.25) is 6.41 Å². The molecular weight excluding hydrogens is 222 g/mol. The topological polar surface area (TPSA) is 29.1 Å². The SMILES string of the molecule is CCCCCCCCc1ccccc1.CNC=O. The van der Waals surface area contributed by atoms with Crippen LogP contribution in [0.2, 0.25) is 0 Å². The molecule has 0 aromatic heterocycles. The Morgan fingerprint density at radius 2 is 1.56 bits per heavy atom.